The Balaban J connectivity index is 2.53. The molecule has 9 heteroatoms. The molecule has 0 fully saturated rings. The summed E-state index contributed by atoms with van der Waals surface area (Å²) in [4.78, 5) is 0.0752. The van der Waals surface area contributed by atoms with Crippen LogP contribution in [0.15, 0.2) is 29.2 Å². The molecule has 2 rings (SSSR count). The molecule has 0 heterocycles. The maximum Gasteiger partial charge on any atom is 0.182 e. The molecule has 118 valence electrons. The van der Waals surface area contributed by atoms with E-state index in [0.29, 0.717) is 5.02 Å². The molecule has 0 unspecified atom stereocenters. The molecule has 2 aromatic rings. The third-order valence-electron chi connectivity index (χ3n) is 2.81. The first-order chi connectivity index (χ1) is 10.1. The van der Waals surface area contributed by atoms with Gasteiger partial charge in [0.15, 0.2) is 9.84 Å². The molecule has 0 aliphatic rings. The summed E-state index contributed by atoms with van der Waals surface area (Å²) in [7, 11) is -3.71. The highest BCUT2D eigenvalue weighted by Gasteiger charge is 2.24. The van der Waals surface area contributed by atoms with E-state index in [9.17, 15) is 8.42 Å². The highest BCUT2D eigenvalue weighted by atomic mass is 35.5. The molecule has 0 saturated carbocycles. The van der Waals surface area contributed by atoms with Gasteiger partial charge in [-0.1, -0.05) is 69.6 Å². The van der Waals surface area contributed by atoms with Crippen molar-refractivity contribution in [3.8, 4) is 0 Å². The minimum Gasteiger partial charge on any atom is -0.223 e. The van der Waals surface area contributed by atoms with E-state index in [1.807, 2.05) is 0 Å². The van der Waals surface area contributed by atoms with Crippen molar-refractivity contribution < 1.29 is 8.42 Å². The minimum atomic E-state index is -3.71. The Bertz CT molecular complexity index is 802. The average molecular weight is 439 g/mol. The van der Waals surface area contributed by atoms with E-state index >= 15 is 0 Å². The second-order valence-electron chi connectivity index (χ2n) is 4.26. The van der Waals surface area contributed by atoms with Gasteiger partial charge in [-0.25, -0.2) is 8.42 Å². The van der Waals surface area contributed by atoms with Gasteiger partial charge in [-0.15, -0.1) is 0 Å². The van der Waals surface area contributed by atoms with Crippen molar-refractivity contribution in [3.63, 3.8) is 0 Å². The Morgan fingerprint density at radius 3 is 1.55 bits per heavy atom. The van der Waals surface area contributed by atoms with Gasteiger partial charge in [0.05, 0.1) is 35.8 Å². The lowest BCUT2D eigenvalue weighted by Gasteiger charge is -2.13. The number of benzene rings is 2. The van der Waals surface area contributed by atoms with E-state index in [0.717, 1.165) is 0 Å². The van der Waals surface area contributed by atoms with Gasteiger partial charge in [-0.3, -0.25) is 0 Å². The third-order valence-corrected chi connectivity index (χ3v) is 7.07. The van der Waals surface area contributed by atoms with Crippen LogP contribution in [0.2, 0.25) is 30.1 Å². The molecular weight excluding hydrogens is 433 g/mol. The molecule has 2 aromatic carbocycles. The Kier molecular flexibility index (Phi) is 5.82. The molecule has 0 spiro atoms. The summed E-state index contributed by atoms with van der Waals surface area (Å²) in [5.74, 6) is -0.469. The van der Waals surface area contributed by atoms with E-state index in [1.54, 1.807) is 0 Å². The van der Waals surface area contributed by atoms with Gasteiger partial charge in [-0.2, -0.15) is 0 Å². The smallest absolute Gasteiger partial charge is 0.182 e. The van der Waals surface area contributed by atoms with Gasteiger partial charge >= 0.3 is 0 Å². The third kappa shape index (κ3) is 3.62. The second kappa shape index (κ2) is 6.94. The second-order valence-corrected chi connectivity index (χ2v) is 8.58. The SMILES string of the molecule is O=S(=O)(Cc1c(Cl)c(Cl)c(Cl)c(Cl)c1Cl)c1ccc(Cl)cc1. The van der Waals surface area contributed by atoms with Gasteiger partial charge in [-0.05, 0) is 24.3 Å². The zero-order valence-electron chi connectivity index (χ0n) is 10.5. The fourth-order valence-electron chi connectivity index (χ4n) is 1.69. The van der Waals surface area contributed by atoms with Crippen LogP contribution in [0.4, 0.5) is 0 Å². The van der Waals surface area contributed by atoms with Gasteiger partial charge in [0.2, 0.25) is 0 Å². The van der Waals surface area contributed by atoms with Crippen LogP contribution in [0.25, 0.3) is 0 Å². The summed E-state index contributed by atoms with van der Waals surface area (Å²) in [6, 6.07) is 5.72. The number of rotatable bonds is 3. The van der Waals surface area contributed by atoms with Gasteiger partial charge in [0.1, 0.15) is 0 Å². The molecule has 2 nitrogen and oxygen atoms in total. The zero-order chi connectivity index (χ0) is 16.7. The fraction of sp³-hybridized carbons (Fsp3) is 0.0769. The van der Waals surface area contributed by atoms with Crippen molar-refractivity contribution >= 4 is 79.4 Å². The van der Waals surface area contributed by atoms with E-state index < -0.39 is 15.6 Å². The summed E-state index contributed by atoms with van der Waals surface area (Å²) in [5, 5.41) is 0.230. The van der Waals surface area contributed by atoms with Crippen LogP contribution in [0.5, 0.6) is 0 Å². The monoisotopic (exact) mass is 436 g/mol. The molecule has 0 radical (unpaired) electrons. The predicted octanol–water partition coefficient (Wildman–Crippen LogP) is 6.58. The van der Waals surface area contributed by atoms with Crippen LogP contribution in [0.1, 0.15) is 5.56 Å². The molecule has 0 atom stereocenters. The van der Waals surface area contributed by atoms with Crippen LogP contribution < -0.4 is 0 Å². The van der Waals surface area contributed by atoms with Crippen molar-refractivity contribution in [1.29, 1.82) is 0 Å². The lowest BCUT2D eigenvalue weighted by atomic mass is 10.2. The Morgan fingerprint density at radius 2 is 1.09 bits per heavy atom. The molecule has 0 aliphatic heterocycles. The molecule has 0 aliphatic carbocycles. The summed E-state index contributed by atoms with van der Waals surface area (Å²) >= 11 is 35.6. The van der Waals surface area contributed by atoms with Crippen molar-refractivity contribution in [3.05, 3.63) is 60.0 Å². The molecule has 22 heavy (non-hydrogen) atoms. The minimum absolute atomic E-state index is 0.0222. The number of sulfone groups is 1. The van der Waals surface area contributed by atoms with Gasteiger partial charge in [0.25, 0.3) is 0 Å². The van der Waals surface area contributed by atoms with Crippen LogP contribution in [0, 0.1) is 0 Å². The standard InChI is InChI=1S/C13H6Cl6O2S/c14-6-1-3-7(4-2-6)22(20,21)5-8-9(15)11(17)13(19)12(18)10(8)16/h1-4H,5H2. The number of hydrogen-bond acceptors (Lipinski definition) is 2. The Morgan fingerprint density at radius 1 is 0.682 bits per heavy atom. The van der Waals surface area contributed by atoms with E-state index in [-0.39, 0.29) is 35.6 Å². The van der Waals surface area contributed by atoms with Crippen LogP contribution in [0.3, 0.4) is 0 Å². The largest absolute Gasteiger partial charge is 0.223 e. The van der Waals surface area contributed by atoms with E-state index in [2.05, 4.69) is 0 Å². The molecule has 0 aromatic heterocycles. The first kappa shape index (κ1) is 18.5. The lowest BCUT2D eigenvalue weighted by Crippen LogP contribution is -2.06. The molecule has 0 bridgehead atoms. The van der Waals surface area contributed by atoms with E-state index in [1.165, 1.54) is 24.3 Å². The highest BCUT2D eigenvalue weighted by Crippen LogP contribution is 2.44. The zero-order valence-corrected chi connectivity index (χ0v) is 15.9. The lowest BCUT2D eigenvalue weighted by molar-refractivity contribution is 0.595. The normalized spacial score (nSPS) is 11.7. The van der Waals surface area contributed by atoms with E-state index in [4.69, 9.17) is 69.6 Å². The van der Waals surface area contributed by atoms with Gasteiger partial charge < -0.3 is 0 Å². The Hall–Kier alpha value is 0.130. The van der Waals surface area contributed by atoms with Crippen LogP contribution in [-0.4, -0.2) is 8.42 Å². The maximum atomic E-state index is 12.4. The van der Waals surface area contributed by atoms with Crippen LogP contribution >= 0.6 is 69.6 Å². The molecule has 0 saturated heterocycles. The first-order valence-electron chi connectivity index (χ1n) is 5.63. The highest BCUT2D eigenvalue weighted by molar-refractivity contribution is 7.90. The van der Waals surface area contributed by atoms with Crippen molar-refractivity contribution in [2.75, 3.05) is 0 Å². The van der Waals surface area contributed by atoms with Crippen LogP contribution in [-0.2, 0) is 15.6 Å². The fourth-order valence-corrected chi connectivity index (χ4v) is 4.67. The average Bonchev–Trinajstić information content (AvgIpc) is 2.48. The summed E-state index contributed by atoms with van der Waals surface area (Å²) in [6.07, 6.45) is 0. The number of halogens is 6. The molecule has 0 amide bonds. The Labute approximate surface area is 157 Å². The summed E-state index contributed by atoms with van der Waals surface area (Å²) in [5.41, 5.74) is 0.0951. The quantitative estimate of drug-likeness (QED) is 0.400. The predicted molar refractivity (Wildman–Crippen MR) is 93.8 cm³/mol. The summed E-state index contributed by atoms with van der Waals surface area (Å²) in [6.45, 7) is 0. The topological polar surface area (TPSA) is 34.1 Å². The number of hydrogen-bond donors (Lipinski definition) is 0. The molecule has 0 N–H and O–H groups in total. The van der Waals surface area contributed by atoms with Crippen molar-refractivity contribution in [2.24, 2.45) is 0 Å². The van der Waals surface area contributed by atoms with Crippen molar-refractivity contribution in [2.45, 2.75) is 10.6 Å². The molecular formula is C13H6Cl6O2S. The maximum absolute atomic E-state index is 12.4. The van der Waals surface area contributed by atoms with Gasteiger partial charge in [0, 0.05) is 10.6 Å². The summed E-state index contributed by atoms with van der Waals surface area (Å²) < 4.78 is 24.9. The van der Waals surface area contributed by atoms with Crippen molar-refractivity contribution in [1.82, 2.24) is 0 Å². The first-order valence-corrected chi connectivity index (χ1v) is 9.55.